The van der Waals surface area contributed by atoms with Gasteiger partial charge < -0.3 is 15.2 Å². The molecule has 7 nitrogen and oxygen atoms in total. The minimum Gasteiger partial charge on any atom is -0.391 e. The number of aliphatic hydroxyl groups excluding tert-OH is 1. The molecule has 1 unspecified atom stereocenters. The van der Waals surface area contributed by atoms with Crippen LogP contribution in [0.15, 0.2) is 35.2 Å². The number of ether oxygens (including phenoxy) is 1. The first kappa shape index (κ1) is 17.6. The lowest BCUT2D eigenvalue weighted by molar-refractivity contribution is -0.120. The molecule has 8 heteroatoms. The molecule has 0 aliphatic heterocycles. The Bertz CT molecular complexity index is 533. The average Bonchev–Trinajstić information content (AvgIpc) is 2.46. The highest BCUT2D eigenvalue weighted by Crippen LogP contribution is 2.06. The fraction of sp³-hybridized carbons (Fsp3) is 0.462. The second kappa shape index (κ2) is 8.73. The van der Waals surface area contributed by atoms with Gasteiger partial charge in [-0.2, -0.15) is 0 Å². The van der Waals surface area contributed by atoms with Gasteiger partial charge in [-0.25, -0.2) is 13.1 Å². The van der Waals surface area contributed by atoms with Crippen molar-refractivity contribution in [3.8, 4) is 0 Å². The molecule has 0 saturated carbocycles. The molecule has 0 radical (unpaired) electrons. The van der Waals surface area contributed by atoms with Gasteiger partial charge in [-0.15, -0.1) is 0 Å². The second-order valence-electron chi connectivity index (χ2n) is 4.39. The number of benzene rings is 1. The van der Waals surface area contributed by atoms with Gasteiger partial charge in [0.05, 0.1) is 24.2 Å². The lowest BCUT2D eigenvalue weighted by atomic mass is 10.2. The van der Waals surface area contributed by atoms with Crippen molar-refractivity contribution in [3.05, 3.63) is 30.3 Å². The molecule has 1 atom stereocenters. The molecule has 0 fully saturated rings. The maximum absolute atomic E-state index is 11.9. The third-order valence-corrected chi connectivity index (χ3v) is 4.05. The molecule has 0 spiro atoms. The lowest BCUT2D eigenvalue weighted by Crippen LogP contribution is -2.38. The van der Waals surface area contributed by atoms with Crippen LogP contribution >= 0.6 is 0 Å². The molecule has 0 aliphatic rings. The van der Waals surface area contributed by atoms with E-state index in [1.807, 2.05) is 0 Å². The summed E-state index contributed by atoms with van der Waals surface area (Å²) in [6, 6.07) is 7.80. The topological polar surface area (TPSA) is 105 Å². The van der Waals surface area contributed by atoms with Crippen LogP contribution in [0.25, 0.3) is 0 Å². The quantitative estimate of drug-likeness (QED) is 0.568. The summed E-state index contributed by atoms with van der Waals surface area (Å²) in [5, 5.41) is 11.9. The number of carbonyl (C=O) groups is 1. The Morgan fingerprint density at radius 1 is 1.33 bits per heavy atom. The van der Waals surface area contributed by atoms with Crippen LogP contribution in [0.1, 0.15) is 6.42 Å². The van der Waals surface area contributed by atoms with Gasteiger partial charge in [0.1, 0.15) is 0 Å². The summed E-state index contributed by atoms with van der Waals surface area (Å²) in [7, 11) is -2.21. The molecule has 1 aromatic rings. The standard InChI is InChI=1S/C13H20N2O5S/c1-20-10-11(16)7-8-14-13(17)9-15-21(18,19)12-5-3-2-4-6-12/h2-6,11,15-16H,7-10H2,1H3,(H,14,17). The van der Waals surface area contributed by atoms with Crippen molar-refractivity contribution in [1.29, 1.82) is 0 Å². The summed E-state index contributed by atoms with van der Waals surface area (Å²) in [5.41, 5.74) is 0. The summed E-state index contributed by atoms with van der Waals surface area (Å²) in [5.74, 6) is -0.459. The Labute approximate surface area is 124 Å². The van der Waals surface area contributed by atoms with Gasteiger partial charge in [-0.05, 0) is 18.6 Å². The van der Waals surface area contributed by atoms with Crippen LogP contribution < -0.4 is 10.0 Å². The van der Waals surface area contributed by atoms with E-state index in [9.17, 15) is 18.3 Å². The number of nitrogens with one attached hydrogen (secondary N) is 2. The van der Waals surface area contributed by atoms with E-state index in [1.54, 1.807) is 18.2 Å². The normalized spacial score (nSPS) is 12.9. The van der Waals surface area contributed by atoms with Crippen molar-refractivity contribution in [2.45, 2.75) is 17.4 Å². The number of sulfonamides is 1. The van der Waals surface area contributed by atoms with Crippen LogP contribution in [-0.4, -0.2) is 52.3 Å². The Kier molecular flexibility index (Phi) is 7.30. The summed E-state index contributed by atoms with van der Waals surface area (Å²) < 4.78 is 30.7. The molecule has 21 heavy (non-hydrogen) atoms. The van der Waals surface area contributed by atoms with Crippen molar-refractivity contribution >= 4 is 15.9 Å². The minimum absolute atomic E-state index is 0.105. The molecular weight excluding hydrogens is 296 g/mol. The zero-order chi connectivity index (χ0) is 15.7. The number of aliphatic hydroxyl groups is 1. The Morgan fingerprint density at radius 3 is 2.62 bits per heavy atom. The van der Waals surface area contributed by atoms with Crippen LogP contribution in [0.3, 0.4) is 0 Å². The van der Waals surface area contributed by atoms with Crippen molar-refractivity contribution in [2.75, 3.05) is 26.8 Å². The van der Waals surface area contributed by atoms with Crippen LogP contribution in [-0.2, 0) is 19.6 Å². The fourth-order valence-electron chi connectivity index (χ4n) is 1.56. The SMILES string of the molecule is COCC(O)CCNC(=O)CNS(=O)(=O)c1ccccc1. The third kappa shape index (κ3) is 6.67. The van der Waals surface area contributed by atoms with Gasteiger partial charge in [-0.3, -0.25) is 4.79 Å². The maximum Gasteiger partial charge on any atom is 0.241 e. The molecule has 118 valence electrons. The molecule has 3 N–H and O–H groups in total. The Morgan fingerprint density at radius 2 is 2.00 bits per heavy atom. The molecule has 0 bridgehead atoms. The zero-order valence-electron chi connectivity index (χ0n) is 11.8. The van der Waals surface area contributed by atoms with E-state index in [4.69, 9.17) is 4.74 Å². The molecule has 1 aromatic carbocycles. The van der Waals surface area contributed by atoms with Crippen LogP contribution in [0.4, 0.5) is 0 Å². The summed E-state index contributed by atoms with van der Waals surface area (Å²) in [6.07, 6.45) is -0.318. The predicted molar refractivity (Wildman–Crippen MR) is 77.1 cm³/mol. The van der Waals surface area contributed by atoms with Gasteiger partial charge in [0.2, 0.25) is 15.9 Å². The number of hydrogen-bond acceptors (Lipinski definition) is 5. The average molecular weight is 316 g/mol. The van der Waals surface area contributed by atoms with E-state index in [0.717, 1.165) is 0 Å². The number of rotatable bonds is 9. The highest BCUT2D eigenvalue weighted by molar-refractivity contribution is 7.89. The van der Waals surface area contributed by atoms with Crippen molar-refractivity contribution in [1.82, 2.24) is 10.0 Å². The Hall–Kier alpha value is -1.48. The van der Waals surface area contributed by atoms with Gasteiger partial charge in [0.15, 0.2) is 0 Å². The summed E-state index contributed by atoms with van der Waals surface area (Å²) >= 11 is 0. The van der Waals surface area contributed by atoms with E-state index in [2.05, 4.69) is 10.0 Å². The molecule has 1 rings (SSSR count). The maximum atomic E-state index is 11.9. The monoisotopic (exact) mass is 316 g/mol. The van der Waals surface area contributed by atoms with E-state index in [-0.39, 0.29) is 24.6 Å². The zero-order valence-corrected chi connectivity index (χ0v) is 12.6. The number of methoxy groups -OCH3 is 1. The minimum atomic E-state index is -3.69. The van der Waals surface area contributed by atoms with Crippen molar-refractivity contribution in [2.24, 2.45) is 0 Å². The van der Waals surface area contributed by atoms with Gasteiger partial charge >= 0.3 is 0 Å². The second-order valence-corrected chi connectivity index (χ2v) is 6.15. The lowest BCUT2D eigenvalue weighted by Gasteiger charge is -2.10. The van der Waals surface area contributed by atoms with Gasteiger partial charge in [0, 0.05) is 13.7 Å². The van der Waals surface area contributed by atoms with Crippen molar-refractivity contribution < 1.29 is 23.1 Å². The predicted octanol–water partition coefficient (Wildman–Crippen LogP) is -0.521. The summed E-state index contributed by atoms with van der Waals surface area (Å²) in [4.78, 5) is 11.6. The van der Waals surface area contributed by atoms with Crippen LogP contribution in [0.5, 0.6) is 0 Å². The van der Waals surface area contributed by atoms with Crippen LogP contribution in [0, 0.1) is 0 Å². The van der Waals surface area contributed by atoms with Crippen LogP contribution in [0.2, 0.25) is 0 Å². The smallest absolute Gasteiger partial charge is 0.241 e. The van der Waals surface area contributed by atoms with Crippen molar-refractivity contribution in [3.63, 3.8) is 0 Å². The first-order chi connectivity index (χ1) is 9.95. The highest BCUT2D eigenvalue weighted by atomic mass is 32.2. The number of carbonyl (C=O) groups excluding carboxylic acids is 1. The number of amides is 1. The highest BCUT2D eigenvalue weighted by Gasteiger charge is 2.14. The molecule has 1 amide bonds. The third-order valence-electron chi connectivity index (χ3n) is 2.64. The van der Waals surface area contributed by atoms with E-state index < -0.39 is 22.0 Å². The number of hydrogen-bond donors (Lipinski definition) is 3. The van der Waals surface area contributed by atoms with Gasteiger partial charge in [-0.1, -0.05) is 18.2 Å². The van der Waals surface area contributed by atoms with E-state index >= 15 is 0 Å². The summed E-state index contributed by atoms with van der Waals surface area (Å²) in [6.45, 7) is 0.0878. The molecular formula is C13H20N2O5S. The molecule has 0 aliphatic carbocycles. The molecule has 0 aromatic heterocycles. The first-order valence-corrected chi connectivity index (χ1v) is 7.92. The largest absolute Gasteiger partial charge is 0.391 e. The van der Waals surface area contributed by atoms with Gasteiger partial charge in [0.25, 0.3) is 0 Å². The first-order valence-electron chi connectivity index (χ1n) is 6.44. The van der Waals surface area contributed by atoms with E-state index in [0.29, 0.717) is 6.42 Å². The molecule has 0 saturated heterocycles. The fourth-order valence-corrected chi connectivity index (χ4v) is 2.56. The Balaban J connectivity index is 2.33. The van der Waals surface area contributed by atoms with E-state index in [1.165, 1.54) is 19.2 Å². The molecule has 0 heterocycles.